The molecule has 1 atom stereocenters. The van der Waals surface area contributed by atoms with E-state index in [1.54, 1.807) is 7.11 Å². The molecule has 3 aliphatic heterocycles. The van der Waals surface area contributed by atoms with Gasteiger partial charge < -0.3 is 19.3 Å². The molecule has 7 nitrogen and oxygen atoms in total. The molecular formula is C24H36N4O3. The molecule has 1 aliphatic carbocycles. The van der Waals surface area contributed by atoms with Gasteiger partial charge in [-0.3, -0.25) is 14.7 Å². The third kappa shape index (κ3) is 4.20. The highest BCUT2D eigenvalue weighted by atomic mass is 16.6. The number of ether oxygens (including phenoxy) is 2. The predicted molar refractivity (Wildman–Crippen MR) is 119 cm³/mol. The fourth-order valence-corrected chi connectivity index (χ4v) is 6.27. The SMILES string of the molecule is COCC12CN(CC3CCCCC3)CC(=O)N1CC1(CCN(c3ccncc3)CC1)O2. The van der Waals surface area contributed by atoms with Gasteiger partial charge in [-0.15, -0.1) is 0 Å². The zero-order valence-corrected chi connectivity index (χ0v) is 18.8. The standard InChI is InChI=1S/C24H36N4O3/c1-30-19-24-18-26(15-20-5-3-2-4-6-20)16-22(29)28(24)17-23(31-24)9-13-27(14-10-23)21-7-11-25-12-8-21/h7-8,11-12,20H,2-6,9-10,13-19H2,1H3. The van der Waals surface area contributed by atoms with Crippen molar-refractivity contribution in [2.75, 3.05) is 57.9 Å². The van der Waals surface area contributed by atoms with Crippen LogP contribution in [-0.4, -0.2) is 85.0 Å². The lowest BCUT2D eigenvalue weighted by atomic mass is 9.88. The number of aromatic nitrogens is 1. The average Bonchev–Trinajstić information content (AvgIpc) is 3.10. The van der Waals surface area contributed by atoms with Crippen molar-refractivity contribution in [3.05, 3.63) is 24.5 Å². The normalized spacial score (nSPS) is 29.5. The van der Waals surface area contributed by atoms with Crippen LogP contribution in [0.2, 0.25) is 0 Å². The minimum absolute atomic E-state index is 0.201. The summed E-state index contributed by atoms with van der Waals surface area (Å²) in [5.41, 5.74) is 0.304. The number of pyridine rings is 1. The molecule has 31 heavy (non-hydrogen) atoms. The van der Waals surface area contributed by atoms with Crippen molar-refractivity contribution in [3.8, 4) is 0 Å². The molecule has 1 saturated carbocycles. The number of fused-ring (bicyclic) bond motifs is 1. The Labute approximate surface area is 185 Å². The van der Waals surface area contributed by atoms with Crippen molar-refractivity contribution in [1.82, 2.24) is 14.8 Å². The highest BCUT2D eigenvalue weighted by Crippen LogP contribution is 2.44. The molecule has 0 radical (unpaired) electrons. The van der Waals surface area contributed by atoms with Gasteiger partial charge >= 0.3 is 0 Å². The van der Waals surface area contributed by atoms with Gasteiger partial charge in [-0.05, 0) is 43.7 Å². The van der Waals surface area contributed by atoms with E-state index < -0.39 is 5.72 Å². The van der Waals surface area contributed by atoms with Gasteiger partial charge in [-0.1, -0.05) is 19.3 Å². The second-order valence-electron chi connectivity index (χ2n) is 10.0. The molecule has 0 N–H and O–H groups in total. The Bertz CT molecular complexity index is 761. The lowest BCUT2D eigenvalue weighted by Gasteiger charge is -2.46. The zero-order valence-electron chi connectivity index (χ0n) is 18.8. The van der Waals surface area contributed by atoms with Gasteiger partial charge in [0.25, 0.3) is 0 Å². The molecule has 1 unspecified atom stereocenters. The van der Waals surface area contributed by atoms with Crippen LogP contribution in [0.1, 0.15) is 44.9 Å². The molecule has 5 rings (SSSR count). The largest absolute Gasteiger partial charge is 0.380 e. The quantitative estimate of drug-likeness (QED) is 0.718. The zero-order chi connectivity index (χ0) is 21.3. The van der Waals surface area contributed by atoms with E-state index in [4.69, 9.17) is 9.47 Å². The first-order valence-electron chi connectivity index (χ1n) is 12.0. The minimum atomic E-state index is -0.641. The first-order chi connectivity index (χ1) is 15.1. The summed E-state index contributed by atoms with van der Waals surface area (Å²) in [7, 11) is 1.72. The van der Waals surface area contributed by atoms with Gasteiger partial charge in [0.1, 0.15) is 0 Å². The average molecular weight is 429 g/mol. The van der Waals surface area contributed by atoms with Crippen LogP contribution in [0.25, 0.3) is 0 Å². The molecule has 1 aromatic heterocycles. The molecule has 1 amide bonds. The molecule has 4 heterocycles. The van der Waals surface area contributed by atoms with Crippen LogP contribution in [0, 0.1) is 5.92 Å². The summed E-state index contributed by atoms with van der Waals surface area (Å²) in [5.74, 6) is 0.916. The monoisotopic (exact) mass is 428 g/mol. The van der Waals surface area contributed by atoms with Crippen LogP contribution in [0.3, 0.4) is 0 Å². The van der Waals surface area contributed by atoms with Crippen molar-refractivity contribution in [2.45, 2.75) is 56.3 Å². The molecule has 4 aliphatic rings. The third-order valence-corrected chi connectivity index (χ3v) is 7.79. The van der Waals surface area contributed by atoms with E-state index in [9.17, 15) is 4.79 Å². The fraction of sp³-hybridized carbons (Fsp3) is 0.750. The maximum absolute atomic E-state index is 13.3. The summed E-state index contributed by atoms with van der Waals surface area (Å²) >= 11 is 0. The first kappa shape index (κ1) is 21.2. The molecule has 4 fully saturated rings. The van der Waals surface area contributed by atoms with E-state index in [1.165, 1.54) is 37.8 Å². The number of rotatable bonds is 5. The van der Waals surface area contributed by atoms with Crippen molar-refractivity contribution in [1.29, 1.82) is 0 Å². The Hall–Kier alpha value is -1.70. The van der Waals surface area contributed by atoms with Crippen molar-refractivity contribution in [3.63, 3.8) is 0 Å². The lowest BCUT2D eigenvalue weighted by molar-refractivity contribution is -0.201. The number of anilines is 1. The summed E-state index contributed by atoms with van der Waals surface area (Å²) in [4.78, 5) is 24.1. The summed E-state index contributed by atoms with van der Waals surface area (Å²) < 4.78 is 12.5. The second-order valence-corrected chi connectivity index (χ2v) is 10.0. The van der Waals surface area contributed by atoms with Crippen LogP contribution in [0.4, 0.5) is 5.69 Å². The molecular weight excluding hydrogens is 392 g/mol. The summed E-state index contributed by atoms with van der Waals surface area (Å²) in [5, 5.41) is 0. The highest BCUT2D eigenvalue weighted by molar-refractivity contribution is 5.80. The summed E-state index contributed by atoms with van der Waals surface area (Å²) in [6.07, 6.45) is 12.1. The molecule has 0 bridgehead atoms. The van der Waals surface area contributed by atoms with Gasteiger partial charge in [0.05, 0.1) is 25.3 Å². The molecule has 1 spiro atoms. The van der Waals surface area contributed by atoms with Crippen molar-refractivity contribution < 1.29 is 14.3 Å². The molecule has 7 heteroatoms. The second kappa shape index (κ2) is 8.68. The summed E-state index contributed by atoms with van der Waals surface area (Å²) in [6, 6.07) is 4.13. The Balaban J connectivity index is 1.29. The lowest BCUT2D eigenvalue weighted by Crippen LogP contribution is -2.65. The van der Waals surface area contributed by atoms with Gasteiger partial charge in [-0.2, -0.15) is 0 Å². The van der Waals surface area contributed by atoms with Crippen molar-refractivity contribution >= 4 is 11.6 Å². The number of amides is 1. The van der Waals surface area contributed by atoms with Gasteiger partial charge in [0.15, 0.2) is 5.72 Å². The number of hydrogen-bond acceptors (Lipinski definition) is 6. The molecule has 170 valence electrons. The van der Waals surface area contributed by atoms with E-state index in [2.05, 4.69) is 26.9 Å². The van der Waals surface area contributed by atoms with Crippen LogP contribution < -0.4 is 4.90 Å². The predicted octanol–water partition coefficient (Wildman–Crippen LogP) is 2.52. The number of piperidine rings is 1. The Morgan fingerprint density at radius 2 is 1.87 bits per heavy atom. The van der Waals surface area contributed by atoms with E-state index >= 15 is 0 Å². The van der Waals surface area contributed by atoms with Gasteiger partial charge in [0.2, 0.25) is 5.91 Å². The topological polar surface area (TPSA) is 58.1 Å². The van der Waals surface area contributed by atoms with E-state index in [0.29, 0.717) is 25.6 Å². The molecule has 3 saturated heterocycles. The number of carbonyl (C=O) groups is 1. The van der Waals surface area contributed by atoms with Crippen LogP contribution >= 0.6 is 0 Å². The van der Waals surface area contributed by atoms with Gasteiger partial charge in [-0.25, -0.2) is 0 Å². The Morgan fingerprint density at radius 3 is 2.58 bits per heavy atom. The molecule has 0 aromatic carbocycles. The number of methoxy groups -OCH3 is 1. The Morgan fingerprint density at radius 1 is 1.13 bits per heavy atom. The van der Waals surface area contributed by atoms with E-state index in [0.717, 1.165) is 39.0 Å². The minimum Gasteiger partial charge on any atom is -0.380 e. The van der Waals surface area contributed by atoms with Crippen LogP contribution in [-0.2, 0) is 14.3 Å². The van der Waals surface area contributed by atoms with Crippen LogP contribution in [0.5, 0.6) is 0 Å². The Kier molecular flexibility index (Phi) is 5.92. The van der Waals surface area contributed by atoms with Gasteiger partial charge in [0, 0.05) is 51.4 Å². The van der Waals surface area contributed by atoms with E-state index in [-0.39, 0.29) is 11.5 Å². The third-order valence-electron chi connectivity index (χ3n) is 7.79. The highest BCUT2D eigenvalue weighted by Gasteiger charge is 2.59. The fourth-order valence-electron chi connectivity index (χ4n) is 6.27. The number of piperazine rings is 1. The van der Waals surface area contributed by atoms with E-state index in [1.807, 2.05) is 17.3 Å². The first-order valence-corrected chi connectivity index (χ1v) is 12.0. The summed E-state index contributed by atoms with van der Waals surface area (Å²) in [6.45, 7) is 5.29. The molecule has 1 aromatic rings. The van der Waals surface area contributed by atoms with Crippen LogP contribution in [0.15, 0.2) is 24.5 Å². The smallest absolute Gasteiger partial charge is 0.239 e. The number of nitrogens with zero attached hydrogens (tertiary/aromatic N) is 4. The van der Waals surface area contributed by atoms with Crippen molar-refractivity contribution in [2.24, 2.45) is 5.92 Å². The number of carbonyl (C=O) groups excluding carboxylic acids is 1. The maximum atomic E-state index is 13.3. The number of hydrogen-bond donors (Lipinski definition) is 0. The maximum Gasteiger partial charge on any atom is 0.239 e.